The molecular formula is C21H25N3O7. The van der Waals surface area contributed by atoms with Crippen LogP contribution in [0.5, 0.6) is 0 Å². The molecule has 0 spiro atoms. The normalized spacial score (nSPS) is 23.4. The minimum Gasteiger partial charge on any atom is -0.481 e. The van der Waals surface area contributed by atoms with Gasteiger partial charge in [0, 0.05) is 6.04 Å². The molecule has 10 nitrogen and oxygen atoms in total. The zero-order chi connectivity index (χ0) is 22.4. The van der Waals surface area contributed by atoms with Crippen LogP contribution in [0.2, 0.25) is 0 Å². The number of carbonyl (C=O) groups is 5. The van der Waals surface area contributed by atoms with Gasteiger partial charge < -0.3 is 30.2 Å². The van der Waals surface area contributed by atoms with Gasteiger partial charge in [0.25, 0.3) is 0 Å². The van der Waals surface area contributed by atoms with Gasteiger partial charge in [-0.1, -0.05) is 30.3 Å². The van der Waals surface area contributed by atoms with E-state index in [1.165, 1.54) is 4.90 Å². The van der Waals surface area contributed by atoms with E-state index in [-0.39, 0.29) is 18.6 Å². The number of carboxylic acid groups (broad SMARTS) is 1. The standard InChI is InChI=1S/C21H25N3O7/c25-11-14(10-18(26)27)22-19(28)17-9-7-15-6-8-16(20(29)24(15)17)23-21(30)31-12-13-4-2-1-3-5-13/h1-5,11,14-17H,6-10,12H2,(H,22,28)(H,23,30)(H,26,27)/t14-,15?,16?,17?/m0/s1. The third-order valence-corrected chi connectivity index (χ3v) is 5.54. The molecule has 4 atom stereocenters. The summed E-state index contributed by atoms with van der Waals surface area (Å²) in [5, 5.41) is 13.8. The Morgan fingerprint density at radius 3 is 2.55 bits per heavy atom. The van der Waals surface area contributed by atoms with E-state index >= 15 is 0 Å². The lowest BCUT2D eigenvalue weighted by molar-refractivity contribution is -0.145. The molecule has 0 aromatic heterocycles. The highest BCUT2D eigenvalue weighted by molar-refractivity contribution is 5.93. The maximum Gasteiger partial charge on any atom is 0.408 e. The molecule has 10 heteroatoms. The van der Waals surface area contributed by atoms with Crippen LogP contribution in [0.4, 0.5) is 4.79 Å². The average Bonchev–Trinajstić information content (AvgIpc) is 3.19. The van der Waals surface area contributed by atoms with E-state index < -0.39 is 42.5 Å². The molecule has 31 heavy (non-hydrogen) atoms. The molecule has 0 radical (unpaired) electrons. The molecule has 2 heterocycles. The molecule has 2 fully saturated rings. The third-order valence-electron chi connectivity index (χ3n) is 5.54. The van der Waals surface area contributed by atoms with E-state index in [1.807, 2.05) is 30.3 Å². The van der Waals surface area contributed by atoms with Gasteiger partial charge in [0.2, 0.25) is 11.8 Å². The SMILES string of the molecule is O=C[C@H](CC(=O)O)NC(=O)C1CCC2CCC(NC(=O)OCc3ccccc3)C(=O)N21. The summed E-state index contributed by atoms with van der Waals surface area (Å²) in [4.78, 5) is 61.1. The van der Waals surface area contributed by atoms with Crippen LogP contribution in [-0.2, 0) is 30.5 Å². The Balaban J connectivity index is 1.57. The smallest absolute Gasteiger partial charge is 0.408 e. The molecule has 0 bridgehead atoms. The number of aldehydes is 1. The van der Waals surface area contributed by atoms with Crippen molar-refractivity contribution in [1.82, 2.24) is 15.5 Å². The molecule has 3 rings (SSSR count). The number of nitrogens with one attached hydrogen (secondary N) is 2. The predicted molar refractivity (Wildman–Crippen MR) is 107 cm³/mol. The van der Waals surface area contributed by atoms with Gasteiger partial charge in [-0.25, -0.2) is 4.79 Å². The first-order valence-corrected chi connectivity index (χ1v) is 10.2. The summed E-state index contributed by atoms with van der Waals surface area (Å²) >= 11 is 0. The van der Waals surface area contributed by atoms with Gasteiger partial charge >= 0.3 is 12.1 Å². The quantitative estimate of drug-likeness (QED) is 0.512. The topological polar surface area (TPSA) is 142 Å². The molecule has 2 aliphatic heterocycles. The molecule has 3 unspecified atom stereocenters. The Morgan fingerprint density at radius 1 is 1.16 bits per heavy atom. The summed E-state index contributed by atoms with van der Waals surface area (Å²) in [5.74, 6) is -2.16. The van der Waals surface area contributed by atoms with E-state index in [9.17, 15) is 24.0 Å². The molecular weight excluding hydrogens is 406 g/mol. The van der Waals surface area contributed by atoms with Crippen LogP contribution in [0.15, 0.2) is 30.3 Å². The van der Waals surface area contributed by atoms with Gasteiger partial charge in [0.1, 0.15) is 25.0 Å². The predicted octanol–water partition coefficient (Wildman–Crippen LogP) is 0.593. The van der Waals surface area contributed by atoms with Crippen molar-refractivity contribution in [2.75, 3.05) is 0 Å². The van der Waals surface area contributed by atoms with Crippen LogP contribution in [-0.4, -0.2) is 64.3 Å². The van der Waals surface area contributed by atoms with Crippen molar-refractivity contribution in [3.63, 3.8) is 0 Å². The van der Waals surface area contributed by atoms with Crippen LogP contribution in [0, 0.1) is 0 Å². The minimum absolute atomic E-state index is 0.0710. The number of carboxylic acids is 1. The maximum absolute atomic E-state index is 13.0. The number of benzene rings is 1. The summed E-state index contributed by atoms with van der Waals surface area (Å²) in [5.41, 5.74) is 0.815. The Labute approximate surface area is 178 Å². The first-order valence-electron chi connectivity index (χ1n) is 10.2. The van der Waals surface area contributed by atoms with Crippen LogP contribution in [0.1, 0.15) is 37.7 Å². The second kappa shape index (κ2) is 10.1. The summed E-state index contributed by atoms with van der Waals surface area (Å²) in [7, 11) is 0. The summed E-state index contributed by atoms with van der Waals surface area (Å²) in [6.07, 6.45) is 1.20. The van der Waals surface area contributed by atoms with Crippen molar-refractivity contribution >= 4 is 30.2 Å². The number of ether oxygens (including phenoxy) is 1. The number of aliphatic carboxylic acids is 1. The third kappa shape index (κ3) is 5.59. The molecule has 1 aromatic rings. The number of alkyl carbamates (subject to hydrolysis) is 1. The molecule has 0 aliphatic carbocycles. The van der Waals surface area contributed by atoms with E-state index in [0.29, 0.717) is 32.0 Å². The molecule has 0 saturated carbocycles. The van der Waals surface area contributed by atoms with Gasteiger partial charge in [0.05, 0.1) is 12.5 Å². The Hall–Kier alpha value is -3.43. The molecule has 3 amide bonds. The molecule has 2 aliphatic rings. The zero-order valence-electron chi connectivity index (χ0n) is 16.9. The molecule has 1 aromatic carbocycles. The molecule has 3 N–H and O–H groups in total. The monoisotopic (exact) mass is 431 g/mol. The van der Waals surface area contributed by atoms with Crippen molar-refractivity contribution in [3.05, 3.63) is 35.9 Å². The second-order valence-corrected chi connectivity index (χ2v) is 7.68. The molecule has 2 saturated heterocycles. The van der Waals surface area contributed by atoms with Crippen LogP contribution in [0.3, 0.4) is 0 Å². The molecule has 166 valence electrons. The second-order valence-electron chi connectivity index (χ2n) is 7.68. The Morgan fingerprint density at radius 2 is 1.87 bits per heavy atom. The van der Waals surface area contributed by atoms with Gasteiger partial charge in [-0.15, -0.1) is 0 Å². The minimum atomic E-state index is -1.21. The van der Waals surface area contributed by atoms with E-state index in [0.717, 1.165) is 5.56 Å². The van der Waals surface area contributed by atoms with E-state index in [2.05, 4.69) is 10.6 Å². The van der Waals surface area contributed by atoms with Crippen LogP contribution in [0.25, 0.3) is 0 Å². The highest BCUT2D eigenvalue weighted by Crippen LogP contribution is 2.32. The fraction of sp³-hybridized carbons (Fsp3) is 0.476. The summed E-state index contributed by atoms with van der Waals surface area (Å²) < 4.78 is 5.17. The number of hydrogen-bond donors (Lipinski definition) is 3. The van der Waals surface area contributed by atoms with Gasteiger partial charge in [-0.3, -0.25) is 14.4 Å². The number of amides is 3. The first-order chi connectivity index (χ1) is 14.9. The summed E-state index contributed by atoms with van der Waals surface area (Å²) in [6, 6.07) is 6.22. The van der Waals surface area contributed by atoms with Crippen molar-refractivity contribution in [1.29, 1.82) is 0 Å². The Kier molecular flexibility index (Phi) is 7.22. The van der Waals surface area contributed by atoms with Crippen molar-refractivity contribution in [3.8, 4) is 0 Å². The van der Waals surface area contributed by atoms with Crippen molar-refractivity contribution in [2.24, 2.45) is 0 Å². The number of hydrogen-bond acceptors (Lipinski definition) is 6. The number of fused-ring (bicyclic) bond motifs is 1. The van der Waals surface area contributed by atoms with Crippen molar-refractivity contribution < 1.29 is 33.8 Å². The summed E-state index contributed by atoms with van der Waals surface area (Å²) in [6.45, 7) is 0.0710. The lowest BCUT2D eigenvalue weighted by Crippen LogP contribution is -2.59. The maximum atomic E-state index is 13.0. The van der Waals surface area contributed by atoms with E-state index in [1.54, 1.807) is 0 Å². The average molecular weight is 431 g/mol. The largest absolute Gasteiger partial charge is 0.481 e. The van der Waals surface area contributed by atoms with Gasteiger partial charge in [-0.05, 0) is 31.2 Å². The Bertz CT molecular complexity index is 845. The number of nitrogens with zero attached hydrogens (tertiary/aromatic N) is 1. The van der Waals surface area contributed by atoms with Crippen LogP contribution < -0.4 is 10.6 Å². The highest BCUT2D eigenvalue weighted by atomic mass is 16.5. The van der Waals surface area contributed by atoms with Crippen LogP contribution >= 0.6 is 0 Å². The lowest BCUT2D eigenvalue weighted by atomic mass is 9.98. The van der Waals surface area contributed by atoms with E-state index in [4.69, 9.17) is 9.84 Å². The van der Waals surface area contributed by atoms with Gasteiger partial charge in [-0.2, -0.15) is 0 Å². The fourth-order valence-electron chi connectivity index (χ4n) is 4.06. The first kappa shape index (κ1) is 22.3. The van der Waals surface area contributed by atoms with Gasteiger partial charge in [0.15, 0.2) is 0 Å². The number of carbonyl (C=O) groups excluding carboxylic acids is 4. The lowest BCUT2D eigenvalue weighted by Gasteiger charge is -2.37. The van der Waals surface area contributed by atoms with Crippen molar-refractivity contribution in [2.45, 2.75) is 62.9 Å². The highest BCUT2D eigenvalue weighted by Gasteiger charge is 2.46. The zero-order valence-corrected chi connectivity index (χ0v) is 16.9. The fourth-order valence-corrected chi connectivity index (χ4v) is 4.06. The number of piperidine rings is 1. The number of rotatable bonds is 8.